The molecule has 2 heterocycles. The van der Waals surface area contributed by atoms with Crippen LogP contribution in [0.15, 0.2) is 28.8 Å². The molecular weight excluding hydrogens is 278 g/mol. The third-order valence-electron chi connectivity index (χ3n) is 3.40. The number of hydrogen-bond donors (Lipinski definition) is 1. The summed E-state index contributed by atoms with van der Waals surface area (Å²) in [7, 11) is 1.64. The number of ether oxygens (including phenoxy) is 1. The van der Waals surface area contributed by atoms with E-state index in [1.807, 2.05) is 24.3 Å². The average molecular weight is 296 g/mol. The van der Waals surface area contributed by atoms with Gasteiger partial charge in [0.05, 0.1) is 18.7 Å². The molecule has 1 saturated heterocycles. The van der Waals surface area contributed by atoms with Crippen molar-refractivity contribution in [2.24, 2.45) is 0 Å². The van der Waals surface area contributed by atoms with Crippen LogP contribution in [0, 0.1) is 0 Å². The number of benzene rings is 1. The van der Waals surface area contributed by atoms with Crippen molar-refractivity contribution in [3.8, 4) is 17.1 Å². The maximum absolute atomic E-state index is 5.38. The highest BCUT2D eigenvalue weighted by molar-refractivity contribution is 5.85. The van der Waals surface area contributed by atoms with E-state index in [0.717, 1.165) is 24.3 Å². The molecule has 3 rings (SSSR count). The average Bonchev–Trinajstić information content (AvgIpc) is 2.98. The topological polar surface area (TPSA) is 60.2 Å². The van der Waals surface area contributed by atoms with Crippen molar-refractivity contribution < 1.29 is 9.26 Å². The smallest absolute Gasteiger partial charge is 0.244 e. The van der Waals surface area contributed by atoms with Crippen LogP contribution < -0.4 is 10.1 Å². The van der Waals surface area contributed by atoms with Crippen molar-refractivity contribution in [2.75, 3.05) is 13.7 Å². The lowest BCUT2D eigenvalue weighted by Gasteiger charge is -2.19. The number of halogens is 1. The number of piperidine rings is 1. The van der Waals surface area contributed by atoms with Gasteiger partial charge < -0.3 is 14.6 Å². The maximum Gasteiger partial charge on any atom is 0.244 e. The molecule has 5 nitrogen and oxygen atoms in total. The van der Waals surface area contributed by atoms with Crippen LogP contribution >= 0.6 is 12.4 Å². The molecule has 1 aliphatic rings. The minimum absolute atomic E-state index is 0. The summed E-state index contributed by atoms with van der Waals surface area (Å²) in [5, 5.41) is 7.47. The summed E-state index contributed by atoms with van der Waals surface area (Å²) in [6.07, 6.45) is 3.46. The molecule has 0 unspecified atom stereocenters. The van der Waals surface area contributed by atoms with Crippen LogP contribution in [0.25, 0.3) is 11.4 Å². The van der Waals surface area contributed by atoms with E-state index in [0.29, 0.717) is 11.7 Å². The highest BCUT2D eigenvalue weighted by Crippen LogP contribution is 2.29. The summed E-state index contributed by atoms with van der Waals surface area (Å²) in [4.78, 5) is 4.49. The van der Waals surface area contributed by atoms with E-state index in [4.69, 9.17) is 9.26 Å². The molecule has 0 bridgehead atoms. The molecule has 1 aromatic heterocycles. The zero-order valence-corrected chi connectivity index (χ0v) is 12.2. The molecule has 0 saturated carbocycles. The second kappa shape index (κ2) is 6.72. The Morgan fingerprint density at radius 3 is 2.90 bits per heavy atom. The molecule has 20 heavy (non-hydrogen) atoms. The van der Waals surface area contributed by atoms with E-state index in [1.165, 1.54) is 12.8 Å². The molecule has 1 atom stereocenters. The lowest BCUT2D eigenvalue weighted by molar-refractivity contribution is 0.297. The van der Waals surface area contributed by atoms with E-state index < -0.39 is 0 Å². The standard InChI is InChI=1S/C14H17N3O2.ClH/c1-18-12-8-3-2-6-10(12)13-16-14(19-17-13)11-7-4-5-9-15-11;/h2-3,6,8,11,15H,4-5,7,9H2,1H3;1H/t11-;/m0./s1. The zero-order chi connectivity index (χ0) is 13.1. The molecule has 0 spiro atoms. The van der Waals surface area contributed by atoms with Gasteiger partial charge in [-0.15, -0.1) is 12.4 Å². The second-order valence-corrected chi connectivity index (χ2v) is 4.66. The van der Waals surface area contributed by atoms with Gasteiger partial charge in [0.25, 0.3) is 0 Å². The summed E-state index contributed by atoms with van der Waals surface area (Å²) < 4.78 is 10.7. The largest absolute Gasteiger partial charge is 0.496 e. The molecule has 1 aromatic carbocycles. The molecular formula is C14H18ClN3O2. The van der Waals surface area contributed by atoms with Gasteiger partial charge in [0.2, 0.25) is 11.7 Å². The second-order valence-electron chi connectivity index (χ2n) is 4.66. The predicted molar refractivity (Wildman–Crippen MR) is 78.1 cm³/mol. The molecule has 1 aliphatic heterocycles. The Labute approximate surface area is 124 Å². The monoisotopic (exact) mass is 295 g/mol. The first-order chi connectivity index (χ1) is 9.38. The Kier molecular flexibility index (Phi) is 4.98. The van der Waals surface area contributed by atoms with Gasteiger partial charge in [-0.1, -0.05) is 23.7 Å². The summed E-state index contributed by atoms with van der Waals surface area (Å²) in [6, 6.07) is 7.87. The summed E-state index contributed by atoms with van der Waals surface area (Å²) in [5.41, 5.74) is 0.857. The van der Waals surface area contributed by atoms with Gasteiger partial charge in [-0.25, -0.2) is 0 Å². The SMILES string of the molecule is COc1ccccc1-c1noc([C@@H]2CCCCN2)n1.Cl. The zero-order valence-electron chi connectivity index (χ0n) is 11.3. The van der Waals surface area contributed by atoms with Crippen LogP contribution in [-0.2, 0) is 0 Å². The molecule has 108 valence electrons. The molecule has 1 N–H and O–H groups in total. The number of rotatable bonds is 3. The van der Waals surface area contributed by atoms with Crippen LogP contribution in [0.1, 0.15) is 31.2 Å². The molecule has 0 amide bonds. The Hall–Kier alpha value is -1.59. The molecule has 6 heteroatoms. The van der Waals surface area contributed by atoms with E-state index >= 15 is 0 Å². The fraction of sp³-hybridized carbons (Fsp3) is 0.429. The lowest BCUT2D eigenvalue weighted by atomic mass is 10.1. The Balaban J connectivity index is 0.00000147. The van der Waals surface area contributed by atoms with Gasteiger partial charge in [-0.3, -0.25) is 0 Å². The Bertz CT molecular complexity index is 553. The van der Waals surface area contributed by atoms with Crippen molar-refractivity contribution in [3.05, 3.63) is 30.2 Å². The minimum atomic E-state index is 0. The Morgan fingerprint density at radius 1 is 1.30 bits per heavy atom. The molecule has 0 radical (unpaired) electrons. The van der Waals surface area contributed by atoms with Crippen LogP contribution in [0.5, 0.6) is 5.75 Å². The van der Waals surface area contributed by atoms with Crippen molar-refractivity contribution in [1.82, 2.24) is 15.5 Å². The highest BCUT2D eigenvalue weighted by Gasteiger charge is 2.22. The highest BCUT2D eigenvalue weighted by atomic mass is 35.5. The van der Waals surface area contributed by atoms with Crippen molar-refractivity contribution in [2.45, 2.75) is 25.3 Å². The van der Waals surface area contributed by atoms with Crippen molar-refractivity contribution >= 4 is 12.4 Å². The summed E-state index contributed by atoms with van der Waals surface area (Å²) in [5.74, 6) is 2.01. The van der Waals surface area contributed by atoms with Crippen molar-refractivity contribution in [3.63, 3.8) is 0 Å². The number of para-hydroxylation sites is 1. The number of nitrogens with one attached hydrogen (secondary N) is 1. The predicted octanol–water partition coefficient (Wildman–Crippen LogP) is 2.98. The number of hydrogen-bond acceptors (Lipinski definition) is 5. The first kappa shape index (κ1) is 14.8. The van der Waals surface area contributed by atoms with Crippen LogP contribution in [0.4, 0.5) is 0 Å². The van der Waals surface area contributed by atoms with Gasteiger partial charge in [0.1, 0.15) is 5.75 Å². The van der Waals surface area contributed by atoms with E-state index in [1.54, 1.807) is 7.11 Å². The van der Waals surface area contributed by atoms with Gasteiger partial charge in [-0.05, 0) is 31.5 Å². The van der Waals surface area contributed by atoms with Gasteiger partial charge >= 0.3 is 0 Å². The third kappa shape index (κ3) is 2.94. The van der Waals surface area contributed by atoms with Crippen LogP contribution in [0.2, 0.25) is 0 Å². The van der Waals surface area contributed by atoms with Gasteiger partial charge in [0.15, 0.2) is 0 Å². The van der Waals surface area contributed by atoms with Gasteiger partial charge in [-0.2, -0.15) is 4.98 Å². The molecule has 2 aromatic rings. The number of nitrogens with zero attached hydrogens (tertiary/aromatic N) is 2. The number of aromatic nitrogens is 2. The normalized spacial score (nSPS) is 18.4. The first-order valence-corrected chi connectivity index (χ1v) is 6.59. The fourth-order valence-electron chi connectivity index (χ4n) is 2.38. The van der Waals surface area contributed by atoms with Gasteiger partial charge in [0, 0.05) is 0 Å². The van der Waals surface area contributed by atoms with E-state index in [9.17, 15) is 0 Å². The van der Waals surface area contributed by atoms with Crippen LogP contribution in [-0.4, -0.2) is 23.8 Å². The quantitative estimate of drug-likeness (QED) is 0.943. The van der Waals surface area contributed by atoms with Crippen LogP contribution in [0.3, 0.4) is 0 Å². The number of methoxy groups -OCH3 is 1. The maximum atomic E-state index is 5.38. The summed E-state index contributed by atoms with van der Waals surface area (Å²) in [6.45, 7) is 1.01. The van der Waals surface area contributed by atoms with Crippen molar-refractivity contribution in [1.29, 1.82) is 0 Å². The first-order valence-electron chi connectivity index (χ1n) is 6.59. The van der Waals surface area contributed by atoms with E-state index in [2.05, 4.69) is 15.5 Å². The minimum Gasteiger partial charge on any atom is -0.496 e. The molecule has 0 aliphatic carbocycles. The lowest BCUT2D eigenvalue weighted by Crippen LogP contribution is -2.26. The molecule has 1 fully saturated rings. The Morgan fingerprint density at radius 2 is 2.15 bits per heavy atom. The van der Waals surface area contributed by atoms with E-state index in [-0.39, 0.29) is 18.4 Å². The third-order valence-corrected chi connectivity index (χ3v) is 3.40. The summed E-state index contributed by atoms with van der Waals surface area (Å²) >= 11 is 0. The fourth-order valence-corrected chi connectivity index (χ4v) is 2.38.